The van der Waals surface area contributed by atoms with Crippen LogP contribution in [-0.4, -0.2) is 13.0 Å². The van der Waals surface area contributed by atoms with Gasteiger partial charge in [0.2, 0.25) is 5.91 Å². The molecule has 5 heteroatoms. The summed E-state index contributed by atoms with van der Waals surface area (Å²) in [5.74, 6) is 0.551. The largest absolute Gasteiger partial charge is 0.497 e. The Bertz CT molecular complexity index is 627. The second-order valence-corrected chi connectivity index (χ2v) is 5.04. The summed E-state index contributed by atoms with van der Waals surface area (Å²) in [6.07, 6.45) is 1.02. The molecule has 0 aliphatic rings. The number of ether oxygens (including phenoxy) is 1. The van der Waals surface area contributed by atoms with Crippen LogP contribution in [0.5, 0.6) is 5.75 Å². The number of rotatable bonds is 5. The first kappa shape index (κ1) is 15.2. The smallest absolute Gasteiger partial charge is 0.224 e. The zero-order valence-corrected chi connectivity index (χ0v) is 12.5. The van der Waals surface area contributed by atoms with Crippen molar-refractivity contribution in [3.63, 3.8) is 0 Å². The fourth-order valence-corrected chi connectivity index (χ4v) is 2.05. The van der Waals surface area contributed by atoms with Gasteiger partial charge < -0.3 is 15.8 Å². The Morgan fingerprint density at radius 1 is 1.24 bits per heavy atom. The lowest BCUT2D eigenvalue weighted by molar-refractivity contribution is -0.116. The van der Waals surface area contributed by atoms with Gasteiger partial charge in [0.05, 0.1) is 17.8 Å². The topological polar surface area (TPSA) is 64.3 Å². The Labute approximate surface area is 128 Å². The molecule has 2 rings (SSSR count). The molecular weight excluding hydrogens is 288 g/mol. The van der Waals surface area contributed by atoms with Crippen molar-refractivity contribution in [2.24, 2.45) is 0 Å². The van der Waals surface area contributed by atoms with Gasteiger partial charge in [-0.05, 0) is 36.2 Å². The van der Waals surface area contributed by atoms with Crippen molar-refractivity contribution >= 4 is 28.9 Å². The van der Waals surface area contributed by atoms with Crippen LogP contribution in [-0.2, 0) is 11.2 Å². The molecule has 0 saturated carbocycles. The number of carbonyl (C=O) groups excluding carboxylic acids is 1. The van der Waals surface area contributed by atoms with E-state index in [0.29, 0.717) is 35.0 Å². The van der Waals surface area contributed by atoms with E-state index in [4.69, 9.17) is 22.1 Å². The molecule has 1 amide bonds. The summed E-state index contributed by atoms with van der Waals surface area (Å²) >= 11 is 6.05. The van der Waals surface area contributed by atoms with Gasteiger partial charge in [-0.1, -0.05) is 23.7 Å². The van der Waals surface area contributed by atoms with Gasteiger partial charge in [0.1, 0.15) is 5.75 Å². The fourth-order valence-electron chi connectivity index (χ4n) is 1.88. The lowest BCUT2D eigenvalue weighted by atomic mass is 10.1. The van der Waals surface area contributed by atoms with Gasteiger partial charge in [0.25, 0.3) is 0 Å². The maximum Gasteiger partial charge on any atom is 0.224 e. The highest BCUT2D eigenvalue weighted by Gasteiger charge is 2.07. The number of anilines is 2. The highest BCUT2D eigenvalue weighted by molar-refractivity contribution is 6.33. The molecular formula is C16H17ClN2O2. The van der Waals surface area contributed by atoms with Crippen molar-refractivity contribution < 1.29 is 9.53 Å². The average Bonchev–Trinajstić information content (AvgIpc) is 2.49. The number of methoxy groups -OCH3 is 1. The lowest BCUT2D eigenvalue weighted by Gasteiger charge is -2.09. The maximum absolute atomic E-state index is 12.0. The average molecular weight is 305 g/mol. The van der Waals surface area contributed by atoms with Crippen molar-refractivity contribution in [2.45, 2.75) is 12.8 Å². The van der Waals surface area contributed by atoms with Gasteiger partial charge >= 0.3 is 0 Å². The van der Waals surface area contributed by atoms with Crippen LogP contribution in [0.15, 0.2) is 42.5 Å². The number of nitrogens with two attached hydrogens (primary N) is 1. The van der Waals surface area contributed by atoms with Gasteiger partial charge in [-0.2, -0.15) is 0 Å². The molecule has 0 aliphatic carbocycles. The first-order valence-corrected chi connectivity index (χ1v) is 6.94. The molecule has 0 heterocycles. The summed E-state index contributed by atoms with van der Waals surface area (Å²) in [5, 5.41) is 3.27. The van der Waals surface area contributed by atoms with Gasteiger partial charge in [-0.25, -0.2) is 0 Å². The number of nitrogens with one attached hydrogen (secondary N) is 1. The second kappa shape index (κ2) is 6.99. The van der Waals surface area contributed by atoms with E-state index in [9.17, 15) is 4.79 Å². The van der Waals surface area contributed by atoms with Crippen molar-refractivity contribution in [2.75, 3.05) is 18.2 Å². The minimum atomic E-state index is -0.0954. The van der Waals surface area contributed by atoms with Crippen LogP contribution in [0.4, 0.5) is 11.4 Å². The maximum atomic E-state index is 12.0. The first-order valence-electron chi connectivity index (χ1n) is 6.56. The Morgan fingerprint density at radius 2 is 1.95 bits per heavy atom. The van der Waals surface area contributed by atoms with Crippen LogP contribution in [0.25, 0.3) is 0 Å². The van der Waals surface area contributed by atoms with E-state index in [-0.39, 0.29) is 5.91 Å². The molecule has 0 saturated heterocycles. The molecule has 2 aromatic rings. The van der Waals surface area contributed by atoms with Gasteiger partial charge in [0, 0.05) is 18.2 Å². The molecule has 3 N–H and O–H groups in total. The first-order chi connectivity index (χ1) is 10.1. The Morgan fingerprint density at radius 3 is 2.62 bits per heavy atom. The van der Waals surface area contributed by atoms with E-state index in [1.54, 1.807) is 25.3 Å². The van der Waals surface area contributed by atoms with Crippen molar-refractivity contribution in [3.8, 4) is 5.75 Å². The minimum Gasteiger partial charge on any atom is -0.497 e. The number of halogens is 1. The normalized spacial score (nSPS) is 10.2. The van der Waals surface area contributed by atoms with Gasteiger partial charge in [-0.3, -0.25) is 4.79 Å². The highest BCUT2D eigenvalue weighted by Crippen LogP contribution is 2.26. The molecule has 0 aromatic heterocycles. The number of benzene rings is 2. The summed E-state index contributed by atoms with van der Waals surface area (Å²) in [7, 11) is 1.57. The fraction of sp³-hybridized carbons (Fsp3) is 0.188. The number of aryl methyl sites for hydroxylation is 1. The summed E-state index contributed by atoms with van der Waals surface area (Å²) in [5.41, 5.74) is 7.96. The van der Waals surface area contributed by atoms with Crippen molar-refractivity contribution in [1.29, 1.82) is 0 Å². The molecule has 4 nitrogen and oxygen atoms in total. The SMILES string of the molecule is COc1ccc(Cl)c(NC(=O)CCc2ccc(N)cc2)c1. The third-order valence-electron chi connectivity index (χ3n) is 3.07. The lowest BCUT2D eigenvalue weighted by Crippen LogP contribution is -2.12. The van der Waals surface area contributed by atoms with Gasteiger partial charge in [0.15, 0.2) is 0 Å². The minimum absolute atomic E-state index is 0.0954. The summed E-state index contributed by atoms with van der Waals surface area (Å²) in [4.78, 5) is 12.0. The summed E-state index contributed by atoms with van der Waals surface area (Å²) in [6, 6.07) is 12.6. The van der Waals surface area contributed by atoms with E-state index in [1.807, 2.05) is 24.3 Å². The van der Waals surface area contributed by atoms with E-state index >= 15 is 0 Å². The van der Waals surface area contributed by atoms with Gasteiger partial charge in [-0.15, -0.1) is 0 Å². The Kier molecular flexibility index (Phi) is 5.06. The van der Waals surface area contributed by atoms with E-state index in [2.05, 4.69) is 5.32 Å². The molecule has 2 aromatic carbocycles. The zero-order chi connectivity index (χ0) is 15.2. The summed E-state index contributed by atoms with van der Waals surface area (Å²) < 4.78 is 5.11. The molecule has 21 heavy (non-hydrogen) atoms. The van der Waals surface area contributed by atoms with Crippen LogP contribution in [0, 0.1) is 0 Å². The monoisotopic (exact) mass is 304 g/mol. The van der Waals surface area contributed by atoms with Crippen LogP contribution >= 0.6 is 11.6 Å². The predicted molar refractivity (Wildman–Crippen MR) is 85.8 cm³/mol. The standard InChI is InChI=1S/C16H17ClN2O2/c1-21-13-7-8-14(17)15(10-13)19-16(20)9-4-11-2-5-12(18)6-3-11/h2-3,5-8,10H,4,9,18H2,1H3,(H,19,20). The van der Waals surface area contributed by atoms with Crippen LogP contribution in [0.3, 0.4) is 0 Å². The molecule has 0 bridgehead atoms. The predicted octanol–water partition coefficient (Wildman–Crippen LogP) is 3.50. The van der Waals surface area contributed by atoms with Crippen LogP contribution < -0.4 is 15.8 Å². The van der Waals surface area contributed by atoms with Crippen LogP contribution in [0.2, 0.25) is 5.02 Å². The molecule has 0 fully saturated rings. The van der Waals surface area contributed by atoms with Crippen molar-refractivity contribution in [3.05, 3.63) is 53.1 Å². The number of carbonyl (C=O) groups is 1. The van der Waals surface area contributed by atoms with Crippen LogP contribution in [0.1, 0.15) is 12.0 Å². The quantitative estimate of drug-likeness (QED) is 0.831. The molecule has 0 spiro atoms. The number of nitrogen functional groups attached to an aromatic ring is 1. The zero-order valence-electron chi connectivity index (χ0n) is 11.7. The Balaban J connectivity index is 1.94. The second-order valence-electron chi connectivity index (χ2n) is 4.64. The molecule has 0 atom stereocenters. The molecule has 0 radical (unpaired) electrons. The number of amides is 1. The summed E-state index contributed by atoms with van der Waals surface area (Å²) in [6.45, 7) is 0. The Hall–Kier alpha value is -2.20. The van der Waals surface area contributed by atoms with Crippen molar-refractivity contribution in [1.82, 2.24) is 0 Å². The highest BCUT2D eigenvalue weighted by atomic mass is 35.5. The van der Waals surface area contributed by atoms with E-state index in [0.717, 1.165) is 5.56 Å². The third-order valence-corrected chi connectivity index (χ3v) is 3.40. The number of hydrogen-bond acceptors (Lipinski definition) is 3. The number of hydrogen-bond donors (Lipinski definition) is 2. The van der Waals surface area contributed by atoms with E-state index in [1.165, 1.54) is 0 Å². The third kappa shape index (κ3) is 4.39. The van der Waals surface area contributed by atoms with E-state index < -0.39 is 0 Å². The molecule has 0 aliphatic heterocycles. The molecule has 0 unspecified atom stereocenters. The molecule has 110 valence electrons.